The Hall–Kier alpha value is -8.48. The molecule has 0 radical (unpaired) electrons. The Kier molecular flexibility index (Phi) is 8.38. The van der Waals surface area contributed by atoms with Crippen molar-refractivity contribution in [2.75, 3.05) is 0 Å². The molecule has 0 bridgehead atoms. The van der Waals surface area contributed by atoms with Crippen molar-refractivity contribution in [2.24, 2.45) is 0 Å². The highest BCUT2D eigenvalue weighted by Gasteiger charge is 2.21. The number of pyridine rings is 1. The lowest BCUT2D eigenvalue weighted by Crippen LogP contribution is -2.06. The zero-order valence-electron chi connectivity index (χ0n) is 33.5. The minimum atomic E-state index is 0.560. The summed E-state index contributed by atoms with van der Waals surface area (Å²) in [5, 5.41) is 4.61. The fourth-order valence-corrected chi connectivity index (χ4v) is 8.83. The molecule has 0 saturated heterocycles. The third kappa shape index (κ3) is 6.04. The minimum Gasteiger partial charge on any atom is -0.309 e. The maximum atomic E-state index is 5.30. The smallest absolute Gasteiger partial charge is 0.238 e. The molecular formula is C56H36N6. The van der Waals surface area contributed by atoms with Gasteiger partial charge in [0, 0.05) is 49.5 Å². The van der Waals surface area contributed by atoms with Crippen molar-refractivity contribution in [3.63, 3.8) is 0 Å². The van der Waals surface area contributed by atoms with Crippen LogP contribution in [0.5, 0.6) is 0 Å². The summed E-state index contributed by atoms with van der Waals surface area (Å²) in [6.07, 6.45) is 0. The average molecular weight is 793 g/mol. The fraction of sp³-hybridized carbons (Fsp3) is 0. The Morgan fingerprint density at radius 1 is 0.258 bits per heavy atom. The first-order chi connectivity index (χ1) is 30.7. The second-order valence-electron chi connectivity index (χ2n) is 15.5. The molecule has 12 rings (SSSR count). The van der Waals surface area contributed by atoms with Gasteiger partial charge in [0.05, 0.1) is 33.5 Å². The first-order valence-electron chi connectivity index (χ1n) is 20.8. The van der Waals surface area contributed by atoms with Gasteiger partial charge in [0.2, 0.25) is 5.95 Å². The van der Waals surface area contributed by atoms with Crippen LogP contribution in [0.2, 0.25) is 0 Å². The molecule has 0 fully saturated rings. The van der Waals surface area contributed by atoms with Crippen molar-refractivity contribution in [1.29, 1.82) is 0 Å². The first kappa shape index (κ1) is 35.5. The molecule has 0 N–H and O–H groups in total. The highest BCUT2D eigenvalue weighted by atomic mass is 15.2. The van der Waals surface area contributed by atoms with E-state index in [4.69, 9.17) is 19.9 Å². The van der Waals surface area contributed by atoms with E-state index in [1.807, 2.05) is 30.3 Å². The average Bonchev–Trinajstić information content (AvgIpc) is 3.86. The molecule has 4 heterocycles. The highest BCUT2D eigenvalue weighted by Crippen LogP contribution is 2.40. The van der Waals surface area contributed by atoms with Gasteiger partial charge in [0.1, 0.15) is 0 Å². The molecule has 0 atom stereocenters. The van der Waals surface area contributed by atoms with Gasteiger partial charge >= 0.3 is 0 Å². The standard InChI is InChI=1S/C56H36N6/c1-5-17-38(18-6-1)48-33-42(34-49(57-48)39-19-7-2-8-20-39)37-29-31-41(32-30-37)55-58-54(40-21-9-3-10-22-40)59-56(60-55)62-51-28-16-14-26-45(51)47-35-52-46(36-53(47)62)44-25-13-15-27-50(44)61(52)43-23-11-4-12-24-43/h1-36H. The second kappa shape index (κ2) is 14.7. The number of para-hydroxylation sites is 3. The summed E-state index contributed by atoms with van der Waals surface area (Å²) >= 11 is 0. The van der Waals surface area contributed by atoms with Crippen molar-refractivity contribution in [2.45, 2.75) is 0 Å². The zero-order chi connectivity index (χ0) is 41.0. The molecule has 0 unspecified atom stereocenters. The molecule has 12 aromatic rings. The molecule has 62 heavy (non-hydrogen) atoms. The molecule has 0 aliphatic carbocycles. The minimum absolute atomic E-state index is 0.560. The van der Waals surface area contributed by atoms with Gasteiger partial charge in [-0.25, -0.2) is 9.97 Å². The molecule has 0 amide bonds. The molecule has 0 aliphatic heterocycles. The van der Waals surface area contributed by atoms with Crippen molar-refractivity contribution in [1.82, 2.24) is 29.1 Å². The maximum absolute atomic E-state index is 5.30. The SMILES string of the molecule is c1ccc(-c2cc(-c3ccc(-c4nc(-c5ccccc5)nc(-n5c6ccccc6c6cc7c(cc65)c5ccccc5n7-c5ccccc5)n4)cc3)cc(-c3ccccc3)n2)cc1. The number of hydrogen-bond donors (Lipinski definition) is 0. The van der Waals surface area contributed by atoms with E-state index in [-0.39, 0.29) is 0 Å². The largest absolute Gasteiger partial charge is 0.309 e. The lowest BCUT2D eigenvalue weighted by molar-refractivity contribution is 0.954. The second-order valence-corrected chi connectivity index (χ2v) is 15.5. The van der Waals surface area contributed by atoms with Gasteiger partial charge in [-0.05, 0) is 59.7 Å². The summed E-state index contributed by atoms with van der Waals surface area (Å²) in [6, 6.07) is 76.2. The summed E-state index contributed by atoms with van der Waals surface area (Å²) in [6.45, 7) is 0. The summed E-state index contributed by atoms with van der Waals surface area (Å²) in [4.78, 5) is 20.8. The van der Waals surface area contributed by atoms with Crippen LogP contribution in [0.25, 0.3) is 112 Å². The topological polar surface area (TPSA) is 61.4 Å². The Morgan fingerprint density at radius 3 is 1.23 bits per heavy atom. The lowest BCUT2D eigenvalue weighted by Gasteiger charge is -2.12. The summed E-state index contributed by atoms with van der Waals surface area (Å²) < 4.78 is 4.57. The fourth-order valence-electron chi connectivity index (χ4n) is 8.83. The van der Waals surface area contributed by atoms with Crippen molar-refractivity contribution < 1.29 is 0 Å². The van der Waals surface area contributed by atoms with Gasteiger partial charge in [0.25, 0.3) is 0 Å². The van der Waals surface area contributed by atoms with Gasteiger partial charge in [-0.3, -0.25) is 4.57 Å². The number of rotatable bonds is 7. The maximum Gasteiger partial charge on any atom is 0.238 e. The Balaban J connectivity index is 1.04. The molecule has 6 heteroatoms. The van der Waals surface area contributed by atoms with Crippen LogP contribution in [0.3, 0.4) is 0 Å². The van der Waals surface area contributed by atoms with Crippen molar-refractivity contribution in [3.8, 4) is 68.1 Å². The van der Waals surface area contributed by atoms with Gasteiger partial charge in [-0.2, -0.15) is 9.97 Å². The van der Waals surface area contributed by atoms with Crippen LogP contribution in [-0.2, 0) is 0 Å². The summed E-state index contributed by atoms with van der Waals surface area (Å²) in [5.41, 5.74) is 13.4. The molecular weight excluding hydrogens is 757 g/mol. The predicted molar refractivity (Wildman–Crippen MR) is 253 cm³/mol. The van der Waals surface area contributed by atoms with Gasteiger partial charge in [-0.15, -0.1) is 0 Å². The van der Waals surface area contributed by atoms with Gasteiger partial charge in [0.15, 0.2) is 11.6 Å². The summed E-state index contributed by atoms with van der Waals surface area (Å²) in [7, 11) is 0. The van der Waals surface area contributed by atoms with Crippen LogP contribution in [0, 0.1) is 0 Å². The van der Waals surface area contributed by atoms with Crippen LogP contribution < -0.4 is 0 Å². The van der Waals surface area contributed by atoms with E-state index in [2.05, 4.69) is 197 Å². The molecule has 290 valence electrons. The first-order valence-corrected chi connectivity index (χ1v) is 20.8. The third-order valence-electron chi connectivity index (χ3n) is 11.8. The van der Waals surface area contributed by atoms with Crippen LogP contribution in [0.4, 0.5) is 0 Å². The van der Waals surface area contributed by atoms with Crippen LogP contribution in [-0.4, -0.2) is 29.1 Å². The number of aromatic nitrogens is 6. The normalized spacial score (nSPS) is 11.5. The van der Waals surface area contributed by atoms with E-state index >= 15 is 0 Å². The Bertz CT molecular complexity index is 3540. The van der Waals surface area contributed by atoms with E-state index < -0.39 is 0 Å². The summed E-state index contributed by atoms with van der Waals surface area (Å²) in [5.74, 6) is 1.76. The van der Waals surface area contributed by atoms with E-state index in [1.54, 1.807) is 0 Å². The van der Waals surface area contributed by atoms with E-state index in [0.717, 1.165) is 88.7 Å². The van der Waals surface area contributed by atoms with E-state index in [0.29, 0.717) is 17.6 Å². The van der Waals surface area contributed by atoms with Gasteiger partial charge < -0.3 is 4.57 Å². The van der Waals surface area contributed by atoms with Crippen LogP contribution in [0.15, 0.2) is 218 Å². The number of fused-ring (bicyclic) bond motifs is 6. The molecule has 8 aromatic carbocycles. The molecule has 0 spiro atoms. The molecule has 4 aromatic heterocycles. The molecule has 6 nitrogen and oxygen atoms in total. The van der Waals surface area contributed by atoms with Crippen LogP contribution in [0.1, 0.15) is 0 Å². The zero-order valence-corrected chi connectivity index (χ0v) is 33.5. The van der Waals surface area contributed by atoms with E-state index in [9.17, 15) is 0 Å². The monoisotopic (exact) mass is 792 g/mol. The van der Waals surface area contributed by atoms with E-state index in [1.165, 1.54) is 5.39 Å². The van der Waals surface area contributed by atoms with Crippen LogP contribution >= 0.6 is 0 Å². The van der Waals surface area contributed by atoms with Crippen molar-refractivity contribution in [3.05, 3.63) is 218 Å². The lowest BCUT2D eigenvalue weighted by atomic mass is 9.99. The van der Waals surface area contributed by atoms with Gasteiger partial charge in [-0.1, -0.05) is 170 Å². The quantitative estimate of drug-likeness (QED) is 0.161. The molecule has 0 saturated carbocycles. The number of benzene rings is 8. The highest BCUT2D eigenvalue weighted by molar-refractivity contribution is 6.19. The third-order valence-corrected chi connectivity index (χ3v) is 11.8. The Labute approximate surface area is 357 Å². The number of nitrogens with zero attached hydrogens (tertiary/aromatic N) is 6. The Morgan fingerprint density at radius 2 is 0.677 bits per heavy atom. The van der Waals surface area contributed by atoms with Crippen molar-refractivity contribution >= 4 is 43.6 Å². The predicted octanol–water partition coefficient (Wildman–Crippen LogP) is 13.8. The molecule has 0 aliphatic rings. The number of hydrogen-bond acceptors (Lipinski definition) is 4.